The van der Waals surface area contributed by atoms with Crippen molar-refractivity contribution in [3.63, 3.8) is 0 Å². The van der Waals surface area contributed by atoms with Crippen molar-refractivity contribution in [2.24, 2.45) is 0 Å². The lowest BCUT2D eigenvalue weighted by Gasteiger charge is -2.22. The van der Waals surface area contributed by atoms with E-state index in [-0.39, 0.29) is 9.61 Å². The molecule has 0 aromatic heterocycles. The lowest BCUT2D eigenvalue weighted by Crippen LogP contribution is -2.35. The van der Waals surface area contributed by atoms with Crippen molar-refractivity contribution in [3.8, 4) is 0 Å². The Morgan fingerprint density at radius 3 is 2.76 bits per heavy atom. The monoisotopic (exact) mass is 351 g/mol. The maximum atomic E-state index is 13.8. The van der Waals surface area contributed by atoms with E-state index in [9.17, 15) is 13.6 Å². The first kappa shape index (κ1) is 12.7. The highest BCUT2D eigenvalue weighted by Crippen LogP contribution is 2.24. The first-order chi connectivity index (χ1) is 8.02. The number of likely N-dealkylation sites (tertiary alicyclic amines) is 1. The molecule has 1 heterocycles. The first-order valence-electron chi connectivity index (χ1n) is 5.47. The van der Waals surface area contributed by atoms with Gasteiger partial charge in [-0.05, 0) is 54.5 Å². The Kier molecular flexibility index (Phi) is 3.65. The topological polar surface area (TPSA) is 20.3 Å². The lowest BCUT2D eigenvalue weighted by atomic mass is 10.1. The number of carbonyl (C=O) groups excluding carboxylic acids is 1. The van der Waals surface area contributed by atoms with E-state index in [1.54, 1.807) is 22.6 Å². The minimum Gasteiger partial charge on any atom is -0.336 e. The molecule has 1 aromatic rings. The molecule has 1 aliphatic heterocycles. The molecule has 1 saturated heterocycles. The summed E-state index contributed by atoms with van der Waals surface area (Å²) in [6.45, 7) is 2.47. The second-order valence-corrected chi connectivity index (χ2v) is 5.37. The van der Waals surface area contributed by atoms with Crippen molar-refractivity contribution in [2.75, 3.05) is 6.54 Å². The van der Waals surface area contributed by atoms with Crippen LogP contribution >= 0.6 is 22.6 Å². The van der Waals surface area contributed by atoms with Gasteiger partial charge in [0, 0.05) is 16.2 Å². The van der Waals surface area contributed by atoms with Crippen molar-refractivity contribution in [1.82, 2.24) is 4.90 Å². The van der Waals surface area contributed by atoms with Crippen LogP contribution in [0.5, 0.6) is 0 Å². The Morgan fingerprint density at radius 1 is 1.47 bits per heavy atom. The molecule has 0 radical (unpaired) electrons. The molecule has 1 amide bonds. The summed E-state index contributed by atoms with van der Waals surface area (Å²) in [6, 6.07) is 2.52. The molecule has 1 fully saturated rings. The van der Waals surface area contributed by atoms with Gasteiger partial charge in [-0.3, -0.25) is 4.79 Å². The number of rotatable bonds is 1. The SMILES string of the molecule is CC1CCCN1C(=O)c1c(F)ccc(I)c1F. The van der Waals surface area contributed by atoms with E-state index in [0.717, 1.165) is 18.9 Å². The van der Waals surface area contributed by atoms with Gasteiger partial charge in [0.05, 0.1) is 0 Å². The molecule has 2 rings (SSSR count). The van der Waals surface area contributed by atoms with Gasteiger partial charge in [-0.1, -0.05) is 0 Å². The summed E-state index contributed by atoms with van der Waals surface area (Å²) in [4.78, 5) is 13.6. The van der Waals surface area contributed by atoms with Gasteiger partial charge in [0.1, 0.15) is 11.4 Å². The third-order valence-electron chi connectivity index (χ3n) is 3.07. The molecule has 0 spiro atoms. The maximum absolute atomic E-state index is 13.8. The van der Waals surface area contributed by atoms with E-state index >= 15 is 0 Å². The number of carbonyl (C=O) groups is 1. The Morgan fingerprint density at radius 2 is 2.18 bits per heavy atom. The second-order valence-electron chi connectivity index (χ2n) is 4.21. The average Bonchev–Trinajstić information content (AvgIpc) is 2.70. The summed E-state index contributed by atoms with van der Waals surface area (Å²) in [6.07, 6.45) is 1.78. The van der Waals surface area contributed by atoms with Gasteiger partial charge in [0.2, 0.25) is 0 Å². The van der Waals surface area contributed by atoms with Crippen LogP contribution in [0.25, 0.3) is 0 Å². The van der Waals surface area contributed by atoms with Crippen LogP contribution in [0.4, 0.5) is 8.78 Å². The van der Waals surface area contributed by atoms with Crippen LogP contribution in [-0.4, -0.2) is 23.4 Å². The Hall–Kier alpha value is -0.720. The summed E-state index contributed by atoms with van der Waals surface area (Å²) in [5.41, 5.74) is -0.425. The van der Waals surface area contributed by atoms with Crippen LogP contribution in [0.3, 0.4) is 0 Å². The summed E-state index contributed by atoms with van der Waals surface area (Å²) in [5.74, 6) is -2.08. The molecule has 1 atom stereocenters. The van der Waals surface area contributed by atoms with Crippen LogP contribution in [0.15, 0.2) is 12.1 Å². The van der Waals surface area contributed by atoms with Crippen molar-refractivity contribution in [3.05, 3.63) is 32.9 Å². The van der Waals surface area contributed by atoms with E-state index in [1.807, 2.05) is 6.92 Å². The summed E-state index contributed by atoms with van der Waals surface area (Å²) in [5, 5.41) is 0. The van der Waals surface area contributed by atoms with Gasteiger partial charge in [-0.2, -0.15) is 0 Å². The molecule has 0 saturated carbocycles. The van der Waals surface area contributed by atoms with E-state index in [1.165, 1.54) is 11.0 Å². The predicted octanol–water partition coefficient (Wildman–Crippen LogP) is 3.19. The number of nitrogens with zero attached hydrogens (tertiary/aromatic N) is 1. The van der Waals surface area contributed by atoms with Crippen molar-refractivity contribution in [2.45, 2.75) is 25.8 Å². The predicted molar refractivity (Wildman–Crippen MR) is 68.8 cm³/mol. The van der Waals surface area contributed by atoms with Gasteiger partial charge < -0.3 is 4.90 Å². The Balaban J connectivity index is 2.40. The molecule has 17 heavy (non-hydrogen) atoms. The van der Waals surface area contributed by atoms with E-state index in [2.05, 4.69) is 0 Å². The molecule has 0 N–H and O–H groups in total. The van der Waals surface area contributed by atoms with Gasteiger partial charge in [0.15, 0.2) is 5.82 Å². The molecule has 2 nitrogen and oxygen atoms in total. The quantitative estimate of drug-likeness (QED) is 0.562. The minimum absolute atomic E-state index is 0.0548. The number of hydrogen-bond donors (Lipinski definition) is 0. The fourth-order valence-corrected chi connectivity index (χ4v) is 2.55. The average molecular weight is 351 g/mol. The molecule has 0 bridgehead atoms. The van der Waals surface area contributed by atoms with Gasteiger partial charge >= 0.3 is 0 Å². The van der Waals surface area contributed by atoms with Crippen molar-refractivity contribution in [1.29, 1.82) is 0 Å². The number of halogens is 3. The molecular formula is C12H12F2INO. The molecule has 1 aliphatic rings. The largest absolute Gasteiger partial charge is 0.336 e. The number of hydrogen-bond acceptors (Lipinski definition) is 1. The number of amides is 1. The van der Waals surface area contributed by atoms with Crippen LogP contribution in [0.1, 0.15) is 30.1 Å². The van der Waals surface area contributed by atoms with E-state index in [4.69, 9.17) is 0 Å². The fraction of sp³-hybridized carbons (Fsp3) is 0.417. The zero-order chi connectivity index (χ0) is 12.6. The van der Waals surface area contributed by atoms with E-state index in [0.29, 0.717) is 6.54 Å². The van der Waals surface area contributed by atoms with Gasteiger partial charge in [-0.25, -0.2) is 8.78 Å². The van der Waals surface area contributed by atoms with Gasteiger partial charge in [-0.15, -0.1) is 0 Å². The zero-order valence-corrected chi connectivity index (χ0v) is 11.5. The highest BCUT2D eigenvalue weighted by atomic mass is 127. The highest BCUT2D eigenvalue weighted by Gasteiger charge is 2.30. The Bertz CT molecular complexity index is 464. The third kappa shape index (κ3) is 2.29. The summed E-state index contributed by atoms with van der Waals surface area (Å²) in [7, 11) is 0. The van der Waals surface area contributed by atoms with Crippen molar-refractivity contribution < 1.29 is 13.6 Å². The van der Waals surface area contributed by atoms with Gasteiger partial charge in [0.25, 0.3) is 5.91 Å². The molecule has 92 valence electrons. The molecule has 1 unspecified atom stereocenters. The van der Waals surface area contributed by atoms with Crippen LogP contribution in [0.2, 0.25) is 0 Å². The van der Waals surface area contributed by atoms with Crippen molar-refractivity contribution >= 4 is 28.5 Å². The molecular weight excluding hydrogens is 339 g/mol. The smallest absolute Gasteiger partial charge is 0.260 e. The number of benzene rings is 1. The van der Waals surface area contributed by atoms with Crippen LogP contribution in [0, 0.1) is 15.2 Å². The zero-order valence-electron chi connectivity index (χ0n) is 9.34. The molecule has 5 heteroatoms. The first-order valence-corrected chi connectivity index (χ1v) is 6.54. The standard InChI is InChI=1S/C12H12F2INO/c1-7-3-2-6-16(7)12(17)10-8(13)4-5-9(15)11(10)14/h4-5,7H,2-3,6H2,1H3. The maximum Gasteiger partial charge on any atom is 0.260 e. The second kappa shape index (κ2) is 4.88. The van der Waals surface area contributed by atoms with Crippen LogP contribution < -0.4 is 0 Å². The van der Waals surface area contributed by atoms with Crippen LogP contribution in [-0.2, 0) is 0 Å². The third-order valence-corrected chi connectivity index (χ3v) is 3.90. The normalized spacial score (nSPS) is 19.8. The molecule has 0 aliphatic carbocycles. The van der Waals surface area contributed by atoms with E-state index < -0.39 is 23.1 Å². The summed E-state index contributed by atoms with van der Waals surface area (Å²) >= 11 is 1.76. The molecule has 1 aromatic carbocycles. The highest BCUT2D eigenvalue weighted by molar-refractivity contribution is 14.1. The summed E-state index contributed by atoms with van der Waals surface area (Å²) < 4.78 is 27.6. The fourth-order valence-electron chi connectivity index (χ4n) is 2.10. The lowest BCUT2D eigenvalue weighted by molar-refractivity contribution is 0.0737. The minimum atomic E-state index is -0.785. The Labute approximate surface area is 112 Å².